The SMILES string of the molecule is BrCC(CBr)(Cc1ccoc1)c1ccc(Br)cc1. The van der Waals surface area contributed by atoms with Crippen LogP contribution in [0.4, 0.5) is 0 Å². The Balaban J connectivity index is 2.33. The molecule has 0 unspecified atom stereocenters. The lowest BCUT2D eigenvalue weighted by atomic mass is 9.79. The summed E-state index contributed by atoms with van der Waals surface area (Å²) >= 11 is 10.8. The molecule has 1 heterocycles. The van der Waals surface area contributed by atoms with Crippen LogP contribution in [0.2, 0.25) is 0 Å². The average Bonchev–Trinajstić information content (AvgIpc) is 2.90. The van der Waals surface area contributed by atoms with Crippen molar-refractivity contribution in [3.63, 3.8) is 0 Å². The van der Waals surface area contributed by atoms with Crippen molar-refractivity contribution in [1.29, 1.82) is 0 Å². The molecule has 0 fully saturated rings. The van der Waals surface area contributed by atoms with Crippen LogP contribution in [0.5, 0.6) is 0 Å². The Bertz CT molecular complexity index is 472. The van der Waals surface area contributed by atoms with E-state index >= 15 is 0 Å². The summed E-state index contributed by atoms with van der Waals surface area (Å²) in [5.41, 5.74) is 2.59. The Morgan fingerprint density at radius 1 is 1.00 bits per heavy atom. The first kappa shape index (κ1) is 14.4. The zero-order valence-corrected chi connectivity index (χ0v) is 14.5. The van der Waals surface area contributed by atoms with E-state index in [0.717, 1.165) is 21.6 Å². The van der Waals surface area contributed by atoms with Crippen molar-refractivity contribution in [2.24, 2.45) is 0 Å². The fourth-order valence-corrected chi connectivity index (χ4v) is 4.21. The first-order valence-corrected chi connectivity index (χ1v) is 8.63. The van der Waals surface area contributed by atoms with Crippen molar-refractivity contribution in [2.45, 2.75) is 11.8 Å². The van der Waals surface area contributed by atoms with Gasteiger partial charge in [0.1, 0.15) is 0 Å². The Hall–Kier alpha value is -0.0600. The van der Waals surface area contributed by atoms with E-state index in [1.807, 2.05) is 12.3 Å². The van der Waals surface area contributed by atoms with Crippen LogP contribution in [0.15, 0.2) is 51.7 Å². The smallest absolute Gasteiger partial charge is 0.0934 e. The Morgan fingerprint density at radius 2 is 1.67 bits per heavy atom. The summed E-state index contributed by atoms with van der Waals surface area (Å²) in [4.78, 5) is 0. The number of alkyl halides is 2. The van der Waals surface area contributed by atoms with E-state index in [2.05, 4.69) is 72.1 Å². The molecule has 0 saturated heterocycles. The van der Waals surface area contributed by atoms with Gasteiger partial charge < -0.3 is 4.42 Å². The van der Waals surface area contributed by atoms with Gasteiger partial charge in [-0.1, -0.05) is 59.9 Å². The maximum absolute atomic E-state index is 5.17. The number of halogens is 3. The number of benzene rings is 1. The fourth-order valence-electron chi connectivity index (χ4n) is 1.97. The lowest BCUT2D eigenvalue weighted by Gasteiger charge is -2.30. The van der Waals surface area contributed by atoms with Gasteiger partial charge in [0.2, 0.25) is 0 Å². The van der Waals surface area contributed by atoms with Crippen molar-refractivity contribution in [2.75, 3.05) is 10.7 Å². The third-order valence-electron chi connectivity index (χ3n) is 3.09. The standard InChI is InChI=1S/C14H13Br3O/c15-9-14(10-16,7-11-5-6-18-8-11)12-1-3-13(17)4-2-12/h1-6,8H,7,9-10H2. The van der Waals surface area contributed by atoms with Crippen LogP contribution in [-0.4, -0.2) is 10.7 Å². The minimum atomic E-state index is 0.0462. The Labute approximate surface area is 132 Å². The minimum Gasteiger partial charge on any atom is -0.472 e. The van der Waals surface area contributed by atoms with Gasteiger partial charge >= 0.3 is 0 Å². The second-order valence-corrected chi connectivity index (χ2v) is 6.40. The van der Waals surface area contributed by atoms with Gasteiger partial charge in [-0.05, 0) is 35.7 Å². The monoisotopic (exact) mass is 434 g/mol. The molecule has 0 aliphatic rings. The molecule has 18 heavy (non-hydrogen) atoms. The molecule has 2 aromatic rings. The van der Waals surface area contributed by atoms with Crippen LogP contribution in [0, 0.1) is 0 Å². The van der Waals surface area contributed by atoms with Gasteiger partial charge in [0.25, 0.3) is 0 Å². The third kappa shape index (κ3) is 3.09. The molecule has 2 rings (SSSR count). The molecule has 1 aromatic carbocycles. The van der Waals surface area contributed by atoms with Gasteiger partial charge in [0.05, 0.1) is 12.5 Å². The minimum absolute atomic E-state index is 0.0462. The van der Waals surface area contributed by atoms with Crippen molar-refractivity contribution in [1.82, 2.24) is 0 Å². The molecule has 0 saturated carbocycles. The topological polar surface area (TPSA) is 13.1 Å². The molecule has 1 aromatic heterocycles. The highest BCUT2D eigenvalue weighted by Crippen LogP contribution is 2.33. The quantitative estimate of drug-likeness (QED) is 0.579. The van der Waals surface area contributed by atoms with Crippen LogP contribution in [0.3, 0.4) is 0 Å². The Morgan fingerprint density at radius 3 is 2.17 bits per heavy atom. The van der Waals surface area contributed by atoms with E-state index in [9.17, 15) is 0 Å². The molecule has 4 heteroatoms. The molecular formula is C14H13Br3O. The fraction of sp³-hybridized carbons (Fsp3) is 0.286. The number of hydrogen-bond acceptors (Lipinski definition) is 1. The zero-order chi connectivity index (χ0) is 13.0. The van der Waals surface area contributed by atoms with E-state index in [4.69, 9.17) is 4.42 Å². The zero-order valence-electron chi connectivity index (χ0n) is 9.70. The second kappa shape index (κ2) is 6.40. The van der Waals surface area contributed by atoms with Gasteiger partial charge in [-0.2, -0.15) is 0 Å². The molecule has 0 N–H and O–H groups in total. The van der Waals surface area contributed by atoms with Crippen molar-refractivity contribution < 1.29 is 4.42 Å². The molecule has 0 atom stereocenters. The summed E-state index contributed by atoms with van der Waals surface area (Å²) in [5.74, 6) is 0. The van der Waals surface area contributed by atoms with E-state index in [1.165, 1.54) is 11.1 Å². The molecule has 1 nitrogen and oxygen atoms in total. The lowest BCUT2D eigenvalue weighted by molar-refractivity contribution is 0.532. The lowest BCUT2D eigenvalue weighted by Crippen LogP contribution is -2.32. The van der Waals surface area contributed by atoms with Crippen LogP contribution in [-0.2, 0) is 11.8 Å². The van der Waals surface area contributed by atoms with Gasteiger partial charge in [0.15, 0.2) is 0 Å². The number of furan rings is 1. The predicted molar refractivity (Wildman–Crippen MR) is 85.8 cm³/mol. The largest absolute Gasteiger partial charge is 0.472 e. The highest BCUT2D eigenvalue weighted by atomic mass is 79.9. The van der Waals surface area contributed by atoms with Gasteiger partial charge in [-0.15, -0.1) is 0 Å². The van der Waals surface area contributed by atoms with Gasteiger partial charge in [-0.3, -0.25) is 0 Å². The normalized spacial score (nSPS) is 11.7. The van der Waals surface area contributed by atoms with Gasteiger partial charge in [0, 0.05) is 20.5 Å². The molecule has 0 spiro atoms. The maximum atomic E-state index is 5.17. The highest BCUT2D eigenvalue weighted by molar-refractivity contribution is 9.10. The maximum Gasteiger partial charge on any atom is 0.0934 e. The molecule has 0 bridgehead atoms. The molecule has 0 amide bonds. The highest BCUT2D eigenvalue weighted by Gasteiger charge is 2.30. The first-order chi connectivity index (χ1) is 8.70. The molecule has 0 radical (unpaired) electrons. The molecule has 0 aliphatic heterocycles. The third-order valence-corrected chi connectivity index (χ3v) is 5.77. The van der Waals surface area contributed by atoms with E-state index in [-0.39, 0.29) is 5.41 Å². The van der Waals surface area contributed by atoms with E-state index in [1.54, 1.807) is 6.26 Å². The van der Waals surface area contributed by atoms with Crippen LogP contribution in [0.1, 0.15) is 11.1 Å². The summed E-state index contributed by atoms with van der Waals surface area (Å²) in [5, 5.41) is 1.80. The second-order valence-electron chi connectivity index (χ2n) is 4.36. The van der Waals surface area contributed by atoms with Crippen molar-refractivity contribution in [3.05, 3.63) is 58.5 Å². The summed E-state index contributed by atoms with van der Waals surface area (Å²) in [6, 6.07) is 10.5. The van der Waals surface area contributed by atoms with Crippen molar-refractivity contribution in [3.8, 4) is 0 Å². The Kier molecular flexibility index (Phi) is 5.10. The molecule has 96 valence electrons. The summed E-state index contributed by atoms with van der Waals surface area (Å²) < 4.78 is 6.27. The average molecular weight is 437 g/mol. The van der Waals surface area contributed by atoms with Crippen molar-refractivity contribution >= 4 is 47.8 Å². The van der Waals surface area contributed by atoms with Gasteiger partial charge in [-0.25, -0.2) is 0 Å². The van der Waals surface area contributed by atoms with Crippen LogP contribution < -0.4 is 0 Å². The summed E-state index contributed by atoms with van der Waals surface area (Å²) in [7, 11) is 0. The summed E-state index contributed by atoms with van der Waals surface area (Å²) in [6.45, 7) is 0. The van der Waals surface area contributed by atoms with Crippen LogP contribution in [0.25, 0.3) is 0 Å². The van der Waals surface area contributed by atoms with E-state index < -0.39 is 0 Å². The van der Waals surface area contributed by atoms with E-state index in [0.29, 0.717) is 0 Å². The molecular weight excluding hydrogens is 424 g/mol. The summed E-state index contributed by atoms with van der Waals surface area (Å²) in [6.07, 6.45) is 4.49. The van der Waals surface area contributed by atoms with Crippen LogP contribution >= 0.6 is 47.8 Å². The molecule has 0 aliphatic carbocycles. The predicted octanol–water partition coefficient (Wildman–Crippen LogP) is 5.31. The number of rotatable bonds is 5. The first-order valence-electron chi connectivity index (χ1n) is 5.59. The number of hydrogen-bond donors (Lipinski definition) is 0.